The summed E-state index contributed by atoms with van der Waals surface area (Å²) in [6, 6.07) is 0. The van der Waals surface area contributed by atoms with Crippen molar-refractivity contribution in [2.75, 3.05) is 0 Å². The van der Waals surface area contributed by atoms with Gasteiger partial charge in [0.25, 0.3) is 0 Å². The number of hydrogen-bond acceptors (Lipinski definition) is 3. The maximum absolute atomic E-state index is 4.03. The first kappa shape index (κ1) is 5.82. The Morgan fingerprint density at radius 1 is 1.50 bits per heavy atom. The van der Waals surface area contributed by atoms with Crippen molar-refractivity contribution >= 4 is 26.3 Å². The van der Waals surface area contributed by atoms with E-state index < -0.39 is 0 Å². The summed E-state index contributed by atoms with van der Waals surface area (Å²) in [5.74, 6) is 0. The molecule has 0 aliphatic rings. The predicted octanol–water partition coefficient (Wildman–Crippen LogP) is -1.35. The molecule has 0 spiro atoms. The second kappa shape index (κ2) is 2.04. The second-order valence-electron chi connectivity index (χ2n) is 1.81. The van der Waals surface area contributed by atoms with E-state index in [9.17, 15) is 0 Å². The molecule has 2 rings (SSSR count). The summed E-state index contributed by atoms with van der Waals surface area (Å²) in [5.41, 5.74) is 0.794. The van der Waals surface area contributed by atoms with Crippen LogP contribution in [0.25, 0.3) is 5.65 Å². The number of rotatable bonds is 0. The van der Waals surface area contributed by atoms with Gasteiger partial charge in [0.1, 0.15) is 0 Å². The quantitative estimate of drug-likeness (QED) is 0.493. The summed E-state index contributed by atoms with van der Waals surface area (Å²) in [7, 11) is 0. The number of hydrogen-bond donors (Lipinski definition) is 0. The summed E-state index contributed by atoms with van der Waals surface area (Å²) in [6.07, 6.45) is 5.17. The van der Waals surface area contributed by atoms with Crippen molar-refractivity contribution < 1.29 is 0 Å². The van der Waals surface area contributed by atoms with Crippen molar-refractivity contribution in [3.63, 3.8) is 0 Å². The normalized spacial score (nSPS) is 10.5. The first-order valence-corrected chi connectivity index (χ1v) is 3.65. The van der Waals surface area contributed by atoms with E-state index in [1.54, 1.807) is 12.5 Å². The fourth-order valence-electron chi connectivity index (χ4n) is 0.745. The zero-order valence-electron chi connectivity index (χ0n) is 4.97. The van der Waals surface area contributed by atoms with Gasteiger partial charge in [0.2, 0.25) is 0 Å². The van der Waals surface area contributed by atoms with Crippen LogP contribution in [0, 0.1) is 0 Å². The Morgan fingerprint density at radius 2 is 2.40 bits per heavy atom. The average molecular weight is 199 g/mol. The molecule has 10 heavy (non-hydrogen) atoms. The van der Waals surface area contributed by atoms with Crippen LogP contribution in [0.1, 0.15) is 0 Å². The predicted molar refractivity (Wildman–Crippen MR) is 37.6 cm³/mol. The third-order valence-electron chi connectivity index (χ3n) is 1.20. The molecular weight excluding hydrogens is 195 g/mol. The standard InChI is InChI=1S/C5H4N4Se/c10-5-4-8-7-3-9(4)2-1-6-5/h1-3H,(H,6,10). The molecule has 0 amide bonds. The molecule has 0 radical (unpaired) electrons. The van der Waals surface area contributed by atoms with Crippen LogP contribution in [0.3, 0.4) is 0 Å². The summed E-state index contributed by atoms with van der Waals surface area (Å²) >= 11 is 2.35. The first-order chi connectivity index (χ1) is 4.88. The minimum atomic E-state index is 0.794. The SMILES string of the molecule is [SeH]c1nccn2cnnc12. The molecule has 5 heteroatoms. The van der Waals surface area contributed by atoms with E-state index in [2.05, 4.69) is 31.2 Å². The van der Waals surface area contributed by atoms with Gasteiger partial charge in [-0.25, -0.2) is 0 Å². The van der Waals surface area contributed by atoms with Crippen molar-refractivity contribution in [1.29, 1.82) is 0 Å². The van der Waals surface area contributed by atoms with Crippen molar-refractivity contribution in [2.45, 2.75) is 0 Å². The Kier molecular flexibility index (Phi) is 1.19. The van der Waals surface area contributed by atoms with Gasteiger partial charge >= 0.3 is 64.6 Å². The Labute approximate surface area is 65.1 Å². The molecule has 2 aromatic rings. The molecule has 0 N–H and O–H groups in total. The minimum absolute atomic E-state index is 0.794. The molecule has 0 saturated carbocycles. The van der Waals surface area contributed by atoms with Gasteiger partial charge in [0, 0.05) is 0 Å². The van der Waals surface area contributed by atoms with Gasteiger partial charge in [-0.2, -0.15) is 0 Å². The second-order valence-corrected chi connectivity index (χ2v) is 2.70. The number of aromatic nitrogens is 4. The van der Waals surface area contributed by atoms with Crippen molar-refractivity contribution in [1.82, 2.24) is 19.6 Å². The Morgan fingerprint density at radius 3 is 3.20 bits per heavy atom. The fourth-order valence-corrected chi connectivity index (χ4v) is 1.22. The summed E-state index contributed by atoms with van der Waals surface area (Å²) in [6.45, 7) is 0. The van der Waals surface area contributed by atoms with E-state index >= 15 is 0 Å². The van der Waals surface area contributed by atoms with Crippen LogP contribution in [0.15, 0.2) is 18.7 Å². The number of fused-ring (bicyclic) bond motifs is 1. The molecule has 0 bridgehead atoms. The van der Waals surface area contributed by atoms with Crippen molar-refractivity contribution in [3.05, 3.63) is 18.7 Å². The molecule has 0 saturated heterocycles. The molecule has 50 valence electrons. The average Bonchev–Trinajstić information content (AvgIpc) is 2.36. The van der Waals surface area contributed by atoms with Crippen LogP contribution in [-0.2, 0) is 0 Å². The fraction of sp³-hybridized carbons (Fsp3) is 0. The Bertz CT molecular complexity index is 355. The molecule has 0 atom stereocenters. The molecule has 0 aliphatic carbocycles. The van der Waals surface area contributed by atoms with Gasteiger partial charge in [0.05, 0.1) is 0 Å². The van der Waals surface area contributed by atoms with Gasteiger partial charge < -0.3 is 0 Å². The zero-order chi connectivity index (χ0) is 6.97. The molecule has 2 heterocycles. The Balaban J connectivity index is 2.95. The van der Waals surface area contributed by atoms with Gasteiger partial charge in [0.15, 0.2) is 0 Å². The van der Waals surface area contributed by atoms with E-state index in [0.29, 0.717) is 0 Å². The van der Waals surface area contributed by atoms with Crippen LogP contribution in [0.2, 0.25) is 0 Å². The Hall–Kier alpha value is -0.931. The monoisotopic (exact) mass is 200 g/mol. The van der Waals surface area contributed by atoms with Gasteiger partial charge in [-0.3, -0.25) is 0 Å². The van der Waals surface area contributed by atoms with Crippen LogP contribution < -0.4 is 4.59 Å². The number of nitrogens with zero attached hydrogens (tertiary/aromatic N) is 4. The van der Waals surface area contributed by atoms with Gasteiger partial charge in [-0.15, -0.1) is 0 Å². The van der Waals surface area contributed by atoms with E-state index in [0.717, 1.165) is 10.2 Å². The van der Waals surface area contributed by atoms with E-state index in [1.807, 2.05) is 10.6 Å². The molecule has 2 aromatic heterocycles. The zero-order valence-corrected chi connectivity index (χ0v) is 6.84. The summed E-state index contributed by atoms with van der Waals surface area (Å²) < 4.78 is 2.66. The maximum atomic E-state index is 4.03. The third-order valence-corrected chi connectivity index (χ3v) is 1.86. The first-order valence-electron chi connectivity index (χ1n) is 2.71. The summed E-state index contributed by atoms with van der Waals surface area (Å²) in [4.78, 5) is 4.03. The third kappa shape index (κ3) is 0.716. The topological polar surface area (TPSA) is 43.1 Å². The van der Waals surface area contributed by atoms with Crippen LogP contribution >= 0.6 is 0 Å². The van der Waals surface area contributed by atoms with Crippen LogP contribution in [-0.4, -0.2) is 35.6 Å². The van der Waals surface area contributed by atoms with Crippen LogP contribution in [0.4, 0.5) is 0 Å². The van der Waals surface area contributed by atoms with Crippen molar-refractivity contribution in [2.24, 2.45) is 0 Å². The van der Waals surface area contributed by atoms with Crippen molar-refractivity contribution in [3.8, 4) is 0 Å². The van der Waals surface area contributed by atoms with E-state index in [1.165, 1.54) is 0 Å². The molecule has 4 nitrogen and oxygen atoms in total. The van der Waals surface area contributed by atoms with Gasteiger partial charge in [-0.05, 0) is 0 Å². The summed E-state index contributed by atoms with van der Waals surface area (Å²) in [5, 5.41) is 7.58. The molecule has 0 aromatic carbocycles. The molecule has 0 aliphatic heterocycles. The van der Waals surface area contributed by atoms with Gasteiger partial charge in [-0.1, -0.05) is 0 Å². The molecule has 0 fully saturated rings. The van der Waals surface area contributed by atoms with Crippen LogP contribution in [0.5, 0.6) is 0 Å². The van der Waals surface area contributed by atoms with E-state index in [-0.39, 0.29) is 0 Å². The molecule has 0 unspecified atom stereocenters. The van der Waals surface area contributed by atoms with E-state index in [4.69, 9.17) is 0 Å². The molecular formula is C5H4N4Se.